The van der Waals surface area contributed by atoms with Crippen molar-refractivity contribution in [1.29, 1.82) is 0 Å². The molecule has 0 aliphatic carbocycles. The molecule has 0 aliphatic heterocycles. The number of aromatic nitrogens is 2. The Morgan fingerprint density at radius 3 is 2.65 bits per heavy atom. The molecule has 0 unspecified atom stereocenters. The number of pyridine rings is 1. The van der Waals surface area contributed by atoms with Crippen molar-refractivity contribution in [2.24, 2.45) is 0 Å². The van der Waals surface area contributed by atoms with E-state index in [2.05, 4.69) is 4.98 Å². The highest BCUT2D eigenvalue weighted by molar-refractivity contribution is 5.95. The predicted octanol–water partition coefficient (Wildman–Crippen LogP) is 3.51. The molecule has 26 heavy (non-hydrogen) atoms. The number of rotatable bonds is 3. The fourth-order valence-electron chi connectivity index (χ4n) is 2.98. The summed E-state index contributed by atoms with van der Waals surface area (Å²) in [4.78, 5) is 29.0. The number of esters is 1. The molecule has 0 radical (unpaired) electrons. The van der Waals surface area contributed by atoms with Crippen molar-refractivity contribution in [2.45, 2.75) is 13.5 Å². The summed E-state index contributed by atoms with van der Waals surface area (Å²) in [6, 6.07) is 20.0. The van der Waals surface area contributed by atoms with E-state index in [9.17, 15) is 9.59 Å². The maximum Gasteiger partial charge on any atom is 0.338 e. The monoisotopic (exact) mass is 344 g/mol. The van der Waals surface area contributed by atoms with Gasteiger partial charge in [-0.15, -0.1) is 0 Å². The fourth-order valence-corrected chi connectivity index (χ4v) is 2.98. The van der Waals surface area contributed by atoms with Crippen LogP contribution in [-0.4, -0.2) is 15.4 Å². The van der Waals surface area contributed by atoms with Gasteiger partial charge in [0.1, 0.15) is 12.3 Å². The largest absolute Gasteiger partial charge is 0.456 e. The van der Waals surface area contributed by atoms with E-state index in [4.69, 9.17) is 4.74 Å². The molecule has 0 atom stereocenters. The normalized spacial score (nSPS) is 11.0. The lowest BCUT2D eigenvalue weighted by molar-refractivity contribution is 0.0468. The third kappa shape index (κ3) is 2.95. The molecule has 0 N–H and O–H groups in total. The molecule has 4 aromatic rings. The highest BCUT2D eigenvalue weighted by Gasteiger charge is 2.10. The zero-order valence-electron chi connectivity index (χ0n) is 14.2. The minimum atomic E-state index is -0.443. The van der Waals surface area contributed by atoms with Gasteiger partial charge >= 0.3 is 5.97 Å². The number of nitrogens with zero attached hydrogens (tertiary/aromatic N) is 2. The fraction of sp³-hybridized carbons (Fsp3) is 0.0952. The minimum absolute atomic E-state index is 0.0503. The van der Waals surface area contributed by atoms with E-state index in [1.165, 1.54) is 10.5 Å². The molecule has 0 saturated heterocycles. The molecular weight excluding hydrogens is 328 g/mol. The molecule has 4 rings (SSSR count). The van der Waals surface area contributed by atoms with E-state index in [0.29, 0.717) is 16.9 Å². The highest BCUT2D eigenvalue weighted by atomic mass is 16.5. The Kier molecular flexibility index (Phi) is 3.97. The second kappa shape index (κ2) is 6.44. The molecule has 0 bridgehead atoms. The molecule has 0 amide bonds. The van der Waals surface area contributed by atoms with Gasteiger partial charge < -0.3 is 4.74 Å². The number of benzene rings is 2. The summed E-state index contributed by atoms with van der Waals surface area (Å²) < 4.78 is 6.87. The Hall–Kier alpha value is -3.47. The smallest absolute Gasteiger partial charge is 0.338 e. The Balaban J connectivity index is 1.57. The van der Waals surface area contributed by atoms with Gasteiger partial charge in [-0.3, -0.25) is 9.20 Å². The first-order valence-electron chi connectivity index (χ1n) is 8.26. The summed E-state index contributed by atoms with van der Waals surface area (Å²) in [7, 11) is 0. The van der Waals surface area contributed by atoms with Gasteiger partial charge in [0.15, 0.2) is 0 Å². The van der Waals surface area contributed by atoms with Crippen LogP contribution in [0.15, 0.2) is 71.5 Å². The molecule has 0 fully saturated rings. The molecule has 0 saturated carbocycles. The van der Waals surface area contributed by atoms with Gasteiger partial charge in [-0.25, -0.2) is 9.78 Å². The molecule has 2 aromatic carbocycles. The van der Waals surface area contributed by atoms with E-state index < -0.39 is 5.97 Å². The molecule has 5 nitrogen and oxygen atoms in total. The number of aryl methyl sites for hydroxylation is 1. The summed E-state index contributed by atoms with van der Waals surface area (Å²) in [6.45, 7) is 1.79. The Morgan fingerprint density at radius 1 is 1.00 bits per heavy atom. The van der Waals surface area contributed by atoms with Crippen LogP contribution >= 0.6 is 0 Å². The summed E-state index contributed by atoms with van der Waals surface area (Å²) >= 11 is 0. The zero-order valence-corrected chi connectivity index (χ0v) is 14.2. The van der Waals surface area contributed by atoms with Crippen molar-refractivity contribution in [3.05, 3.63) is 94.0 Å². The van der Waals surface area contributed by atoms with Crippen molar-refractivity contribution >= 4 is 22.4 Å². The van der Waals surface area contributed by atoms with Crippen LogP contribution in [0.1, 0.15) is 21.7 Å². The molecule has 5 heteroatoms. The first-order chi connectivity index (χ1) is 12.6. The van der Waals surface area contributed by atoms with Crippen molar-refractivity contribution in [3.63, 3.8) is 0 Å². The van der Waals surface area contributed by atoms with Gasteiger partial charge in [-0.2, -0.15) is 0 Å². The third-order valence-electron chi connectivity index (χ3n) is 4.27. The summed E-state index contributed by atoms with van der Waals surface area (Å²) in [5.41, 5.74) is 2.05. The van der Waals surface area contributed by atoms with E-state index in [1.54, 1.807) is 18.2 Å². The van der Waals surface area contributed by atoms with E-state index in [1.807, 2.05) is 49.4 Å². The Labute approximate surface area is 149 Å². The van der Waals surface area contributed by atoms with Gasteiger partial charge in [-0.1, -0.05) is 36.4 Å². The second-order valence-corrected chi connectivity index (χ2v) is 6.08. The predicted molar refractivity (Wildman–Crippen MR) is 99.3 cm³/mol. The lowest BCUT2D eigenvalue weighted by Gasteiger charge is -2.08. The van der Waals surface area contributed by atoms with Gasteiger partial charge in [-0.05, 0) is 42.0 Å². The highest BCUT2D eigenvalue weighted by Crippen LogP contribution is 2.16. The van der Waals surface area contributed by atoms with Crippen molar-refractivity contribution in [3.8, 4) is 0 Å². The van der Waals surface area contributed by atoms with Gasteiger partial charge in [0.25, 0.3) is 5.56 Å². The SMILES string of the molecule is Cc1cccc2nc(COC(=O)c3ccc4ccccc4c3)cc(=O)n12. The summed E-state index contributed by atoms with van der Waals surface area (Å²) in [5.74, 6) is -0.443. The van der Waals surface area contributed by atoms with Gasteiger partial charge in [0.2, 0.25) is 0 Å². The van der Waals surface area contributed by atoms with Crippen molar-refractivity contribution in [2.75, 3.05) is 0 Å². The van der Waals surface area contributed by atoms with Crippen LogP contribution < -0.4 is 5.56 Å². The van der Waals surface area contributed by atoms with E-state index in [-0.39, 0.29) is 12.2 Å². The quantitative estimate of drug-likeness (QED) is 0.534. The van der Waals surface area contributed by atoms with Crippen LogP contribution in [0.5, 0.6) is 0 Å². The first kappa shape index (κ1) is 16.0. The maximum absolute atomic E-state index is 12.3. The second-order valence-electron chi connectivity index (χ2n) is 6.08. The van der Waals surface area contributed by atoms with Crippen LogP contribution in [0.3, 0.4) is 0 Å². The summed E-state index contributed by atoms with van der Waals surface area (Å²) in [6.07, 6.45) is 0. The average Bonchev–Trinajstić information content (AvgIpc) is 2.65. The van der Waals surface area contributed by atoms with E-state index >= 15 is 0 Å². The number of carbonyl (C=O) groups excluding carboxylic acids is 1. The first-order valence-corrected chi connectivity index (χ1v) is 8.26. The molecule has 2 aromatic heterocycles. The van der Waals surface area contributed by atoms with Crippen LogP contribution in [0, 0.1) is 6.92 Å². The molecular formula is C21H16N2O3. The molecule has 0 aliphatic rings. The molecule has 128 valence electrons. The topological polar surface area (TPSA) is 60.7 Å². The minimum Gasteiger partial charge on any atom is -0.456 e. The number of hydrogen-bond acceptors (Lipinski definition) is 4. The lowest BCUT2D eigenvalue weighted by Crippen LogP contribution is -2.18. The zero-order chi connectivity index (χ0) is 18.1. The van der Waals surface area contributed by atoms with Gasteiger partial charge in [0.05, 0.1) is 11.3 Å². The molecule has 2 heterocycles. The van der Waals surface area contributed by atoms with Crippen LogP contribution in [0.25, 0.3) is 16.4 Å². The van der Waals surface area contributed by atoms with Gasteiger partial charge in [0, 0.05) is 11.8 Å². The summed E-state index contributed by atoms with van der Waals surface area (Å²) in [5, 5.41) is 2.03. The van der Waals surface area contributed by atoms with Crippen LogP contribution in [0.2, 0.25) is 0 Å². The Bertz CT molecular complexity index is 1190. The number of carbonyl (C=O) groups is 1. The van der Waals surface area contributed by atoms with Crippen LogP contribution in [0.4, 0.5) is 0 Å². The number of hydrogen-bond donors (Lipinski definition) is 0. The molecule has 0 spiro atoms. The number of fused-ring (bicyclic) bond motifs is 2. The number of ether oxygens (including phenoxy) is 1. The maximum atomic E-state index is 12.3. The van der Waals surface area contributed by atoms with Crippen molar-refractivity contribution in [1.82, 2.24) is 9.38 Å². The standard InChI is InChI=1S/C21H16N2O3/c1-14-5-4-8-19-22-18(12-20(24)23(14)19)13-26-21(25)17-10-9-15-6-2-3-7-16(15)11-17/h2-12H,13H2,1H3. The van der Waals surface area contributed by atoms with E-state index in [0.717, 1.165) is 16.5 Å². The Morgan fingerprint density at radius 2 is 1.81 bits per heavy atom. The third-order valence-corrected chi connectivity index (χ3v) is 4.27. The average molecular weight is 344 g/mol. The van der Waals surface area contributed by atoms with Crippen LogP contribution in [-0.2, 0) is 11.3 Å². The lowest BCUT2D eigenvalue weighted by atomic mass is 10.1. The van der Waals surface area contributed by atoms with Crippen molar-refractivity contribution < 1.29 is 9.53 Å².